The van der Waals surface area contributed by atoms with Crippen LogP contribution in [-0.2, 0) is 11.2 Å². The normalized spacial score (nSPS) is 13.1. The maximum absolute atomic E-state index is 10.5. The van der Waals surface area contributed by atoms with E-state index in [1.807, 2.05) is 0 Å². The van der Waals surface area contributed by atoms with E-state index in [2.05, 4.69) is 0 Å². The van der Waals surface area contributed by atoms with E-state index in [9.17, 15) is 15.0 Å². The van der Waals surface area contributed by atoms with Crippen LogP contribution in [0, 0.1) is 0 Å². The van der Waals surface area contributed by atoms with Gasteiger partial charge in [0, 0.05) is 0 Å². The predicted molar refractivity (Wildman–Crippen MR) is 65.6 cm³/mol. The molecule has 1 unspecified atom stereocenters. The van der Waals surface area contributed by atoms with Crippen LogP contribution >= 0.6 is 0 Å². The second-order valence-electron chi connectivity index (χ2n) is 4.69. The van der Waals surface area contributed by atoms with Crippen LogP contribution in [0.25, 0.3) is 0 Å². The Labute approximate surface area is 106 Å². The van der Waals surface area contributed by atoms with E-state index in [1.54, 1.807) is 24.3 Å². The molecule has 1 atom stereocenters. The van der Waals surface area contributed by atoms with Gasteiger partial charge in [0.25, 0.3) is 0 Å². The molecule has 0 amide bonds. The van der Waals surface area contributed by atoms with Gasteiger partial charge in [-0.1, -0.05) is 12.1 Å². The van der Waals surface area contributed by atoms with Crippen LogP contribution in [0.15, 0.2) is 24.3 Å². The van der Waals surface area contributed by atoms with E-state index in [0.29, 0.717) is 11.3 Å². The molecule has 0 fully saturated rings. The van der Waals surface area contributed by atoms with Crippen molar-refractivity contribution >= 4 is 5.97 Å². The molecular weight excluding hydrogens is 236 g/mol. The summed E-state index contributed by atoms with van der Waals surface area (Å²) in [6.45, 7) is 2.97. The molecule has 5 heteroatoms. The maximum atomic E-state index is 10.5. The maximum Gasteiger partial charge on any atom is 0.307 e. The summed E-state index contributed by atoms with van der Waals surface area (Å²) in [5, 5.41) is 27.7. The van der Waals surface area contributed by atoms with E-state index in [1.165, 1.54) is 13.8 Å². The van der Waals surface area contributed by atoms with Crippen LogP contribution in [0.2, 0.25) is 0 Å². The number of carboxylic acid groups (broad SMARTS) is 1. The van der Waals surface area contributed by atoms with Gasteiger partial charge in [0.2, 0.25) is 0 Å². The number of aliphatic hydroxyl groups is 2. The first kappa shape index (κ1) is 14.5. The van der Waals surface area contributed by atoms with Gasteiger partial charge in [-0.05, 0) is 31.5 Å². The molecule has 0 aliphatic rings. The van der Waals surface area contributed by atoms with Crippen molar-refractivity contribution in [1.29, 1.82) is 0 Å². The van der Waals surface area contributed by atoms with Gasteiger partial charge in [0.05, 0.1) is 12.0 Å². The molecule has 0 aliphatic carbocycles. The van der Waals surface area contributed by atoms with Gasteiger partial charge >= 0.3 is 5.97 Å². The number of carbonyl (C=O) groups is 1. The molecule has 0 bridgehead atoms. The third-order valence-corrected chi connectivity index (χ3v) is 2.50. The predicted octanol–water partition coefficient (Wildman–Crippen LogP) is 0.824. The second kappa shape index (κ2) is 5.84. The van der Waals surface area contributed by atoms with Crippen molar-refractivity contribution in [3.8, 4) is 5.75 Å². The molecule has 0 aromatic heterocycles. The second-order valence-corrected chi connectivity index (χ2v) is 4.69. The lowest BCUT2D eigenvalue weighted by Crippen LogP contribution is -2.40. The Balaban J connectivity index is 2.51. The smallest absolute Gasteiger partial charge is 0.307 e. The number of rotatable bonds is 6. The summed E-state index contributed by atoms with van der Waals surface area (Å²) in [6.07, 6.45) is -1.02. The molecule has 0 saturated carbocycles. The lowest BCUT2D eigenvalue weighted by molar-refractivity contribution is -0.136. The number of aliphatic carboxylic acids is 1. The van der Waals surface area contributed by atoms with Gasteiger partial charge in [-0.15, -0.1) is 0 Å². The number of hydrogen-bond donors (Lipinski definition) is 3. The van der Waals surface area contributed by atoms with Crippen LogP contribution in [0.4, 0.5) is 0 Å². The van der Waals surface area contributed by atoms with Gasteiger partial charge in [0.15, 0.2) is 0 Å². The van der Waals surface area contributed by atoms with Gasteiger partial charge in [-0.25, -0.2) is 0 Å². The summed E-state index contributed by atoms with van der Waals surface area (Å²) >= 11 is 0. The van der Waals surface area contributed by atoms with Gasteiger partial charge < -0.3 is 20.1 Å². The van der Waals surface area contributed by atoms with Crippen molar-refractivity contribution in [2.45, 2.75) is 32.0 Å². The highest BCUT2D eigenvalue weighted by atomic mass is 16.5. The van der Waals surface area contributed by atoms with Gasteiger partial charge in [-0.3, -0.25) is 4.79 Å². The van der Waals surface area contributed by atoms with E-state index in [4.69, 9.17) is 9.84 Å². The van der Waals surface area contributed by atoms with E-state index < -0.39 is 17.7 Å². The minimum absolute atomic E-state index is 0.0260. The van der Waals surface area contributed by atoms with Crippen LogP contribution in [0.3, 0.4) is 0 Å². The Morgan fingerprint density at radius 2 is 1.89 bits per heavy atom. The molecule has 3 N–H and O–H groups in total. The van der Waals surface area contributed by atoms with Crippen molar-refractivity contribution in [1.82, 2.24) is 0 Å². The lowest BCUT2D eigenvalue weighted by Gasteiger charge is -2.24. The minimum Gasteiger partial charge on any atom is -0.491 e. The molecule has 0 heterocycles. The zero-order chi connectivity index (χ0) is 13.8. The summed E-state index contributed by atoms with van der Waals surface area (Å²) in [5.74, 6) is -0.367. The number of aliphatic hydroxyl groups excluding tert-OH is 1. The summed E-state index contributed by atoms with van der Waals surface area (Å²) in [5.41, 5.74) is -0.540. The summed E-state index contributed by atoms with van der Waals surface area (Å²) in [6, 6.07) is 6.57. The Hall–Kier alpha value is -1.59. The summed E-state index contributed by atoms with van der Waals surface area (Å²) in [7, 11) is 0. The van der Waals surface area contributed by atoms with E-state index in [0.717, 1.165) is 0 Å². The van der Waals surface area contributed by atoms with Crippen molar-refractivity contribution in [2.75, 3.05) is 6.61 Å². The van der Waals surface area contributed by atoms with Crippen molar-refractivity contribution in [3.63, 3.8) is 0 Å². The third kappa shape index (κ3) is 4.73. The standard InChI is InChI=1S/C13H18O5/c1-13(2,17)11(14)8-18-10-5-3-9(4-6-10)7-12(15)16/h3-6,11,14,17H,7-8H2,1-2H3,(H,15,16). The van der Waals surface area contributed by atoms with Crippen molar-refractivity contribution < 1.29 is 24.9 Å². The largest absolute Gasteiger partial charge is 0.491 e. The van der Waals surface area contributed by atoms with Crippen molar-refractivity contribution in [2.24, 2.45) is 0 Å². The SMILES string of the molecule is CC(C)(O)C(O)COc1ccc(CC(=O)O)cc1. The summed E-state index contributed by atoms with van der Waals surface area (Å²) < 4.78 is 5.30. The zero-order valence-corrected chi connectivity index (χ0v) is 10.5. The number of ether oxygens (including phenoxy) is 1. The fourth-order valence-electron chi connectivity index (χ4n) is 1.26. The Morgan fingerprint density at radius 3 is 2.33 bits per heavy atom. The molecule has 0 saturated heterocycles. The molecular formula is C13H18O5. The van der Waals surface area contributed by atoms with Crippen LogP contribution in [-0.4, -0.2) is 39.6 Å². The summed E-state index contributed by atoms with van der Waals surface area (Å²) in [4.78, 5) is 10.5. The highest BCUT2D eigenvalue weighted by Gasteiger charge is 2.24. The minimum atomic E-state index is -1.22. The molecule has 18 heavy (non-hydrogen) atoms. The number of hydrogen-bond acceptors (Lipinski definition) is 4. The van der Waals surface area contributed by atoms with E-state index >= 15 is 0 Å². The first-order valence-electron chi connectivity index (χ1n) is 5.63. The average molecular weight is 254 g/mol. The van der Waals surface area contributed by atoms with Gasteiger partial charge in [-0.2, -0.15) is 0 Å². The fourth-order valence-corrected chi connectivity index (χ4v) is 1.26. The Morgan fingerprint density at radius 1 is 1.33 bits per heavy atom. The third-order valence-electron chi connectivity index (χ3n) is 2.50. The number of carboxylic acids is 1. The molecule has 1 aromatic carbocycles. The van der Waals surface area contributed by atoms with E-state index in [-0.39, 0.29) is 13.0 Å². The molecule has 0 radical (unpaired) electrons. The molecule has 0 aliphatic heterocycles. The topological polar surface area (TPSA) is 87.0 Å². The van der Waals surface area contributed by atoms with Gasteiger partial charge in [0.1, 0.15) is 18.5 Å². The van der Waals surface area contributed by atoms with Crippen LogP contribution in [0.1, 0.15) is 19.4 Å². The highest BCUT2D eigenvalue weighted by molar-refractivity contribution is 5.70. The average Bonchev–Trinajstić information content (AvgIpc) is 2.25. The fraction of sp³-hybridized carbons (Fsp3) is 0.462. The zero-order valence-electron chi connectivity index (χ0n) is 10.5. The highest BCUT2D eigenvalue weighted by Crippen LogP contribution is 2.15. The van der Waals surface area contributed by atoms with Crippen LogP contribution < -0.4 is 4.74 Å². The monoisotopic (exact) mass is 254 g/mol. The first-order valence-corrected chi connectivity index (χ1v) is 5.63. The molecule has 1 aromatic rings. The van der Waals surface area contributed by atoms with Crippen LogP contribution in [0.5, 0.6) is 5.75 Å². The molecule has 1 rings (SSSR count). The lowest BCUT2D eigenvalue weighted by atomic mass is 10.0. The van der Waals surface area contributed by atoms with Crippen molar-refractivity contribution in [3.05, 3.63) is 29.8 Å². The molecule has 5 nitrogen and oxygen atoms in total. The quantitative estimate of drug-likeness (QED) is 0.699. The molecule has 0 spiro atoms. The number of benzene rings is 1. The Bertz CT molecular complexity index is 391. The first-order chi connectivity index (χ1) is 8.29. The molecule has 100 valence electrons. The Kier molecular flexibility index (Phi) is 4.69.